The van der Waals surface area contributed by atoms with Crippen molar-refractivity contribution in [2.75, 3.05) is 18.4 Å². The molecule has 2 aromatic heterocycles. The number of halogens is 2. The molecule has 1 saturated heterocycles. The van der Waals surface area contributed by atoms with Crippen LogP contribution in [0.25, 0.3) is 21.8 Å². The van der Waals surface area contributed by atoms with E-state index in [0.29, 0.717) is 42.5 Å². The van der Waals surface area contributed by atoms with Gasteiger partial charge in [-0.05, 0) is 37.5 Å². The molecule has 1 aliphatic carbocycles. The molecule has 0 spiro atoms. The van der Waals surface area contributed by atoms with E-state index < -0.39 is 5.92 Å². The largest absolute Gasteiger partial charge is 0.488 e. The highest BCUT2D eigenvalue weighted by molar-refractivity contribution is 6.10. The summed E-state index contributed by atoms with van der Waals surface area (Å²) in [5, 5.41) is 9.62. The van der Waals surface area contributed by atoms with Gasteiger partial charge in [0.15, 0.2) is 0 Å². The van der Waals surface area contributed by atoms with Crippen molar-refractivity contribution in [3.63, 3.8) is 0 Å². The fourth-order valence-corrected chi connectivity index (χ4v) is 6.03. The van der Waals surface area contributed by atoms with Crippen molar-refractivity contribution < 1.29 is 18.3 Å². The standard InChI is InChI=1S/C29H32F2N6O2/c1-16(20-6-5-7-24-21(20)8-11-29(24,30)31)33-28-22-14-25(39-19-9-12-37(13-10-19)18(3)38)27-23(15-32-36(27)4)26(22)34-17(2)35-28/h5-7,14-16,19H,8-13H2,1-4H3,(H,33,34,35). The first kappa shape index (κ1) is 25.5. The van der Waals surface area contributed by atoms with E-state index in [2.05, 4.69) is 10.4 Å². The van der Waals surface area contributed by atoms with E-state index in [4.69, 9.17) is 14.7 Å². The molecule has 1 aliphatic heterocycles. The van der Waals surface area contributed by atoms with Gasteiger partial charge in [0.2, 0.25) is 5.91 Å². The Labute approximate surface area is 225 Å². The SMILES string of the molecule is CC(=O)N1CCC(Oc2cc3c(NC(C)c4cccc5c4CCC5(F)F)nc(C)nc3c3cnn(C)c23)CC1. The van der Waals surface area contributed by atoms with Gasteiger partial charge in [-0.15, -0.1) is 0 Å². The summed E-state index contributed by atoms with van der Waals surface area (Å²) in [6.07, 6.45) is 3.43. The second-order valence-corrected chi connectivity index (χ2v) is 10.7. The first-order valence-corrected chi connectivity index (χ1v) is 13.4. The van der Waals surface area contributed by atoms with Crippen molar-refractivity contribution in [1.29, 1.82) is 0 Å². The summed E-state index contributed by atoms with van der Waals surface area (Å²) in [5.41, 5.74) is 3.29. The number of anilines is 1. The summed E-state index contributed by atoms with van der Waals surface area (Å²) in [5.74, 6) is -0.811. The maximum Gasteiger partial charge on any atom is 0.273 e. The molecule has 39 heavy (non-hydrogen) atoms. The molecular formula is C29H32F2N6O2. The topological polar surface area (TPSA) is 85.2 Å². The number of aromatic nitrogens is 4. The number of nitrogens with one attached hydrogen (secondary N) is 1. The zero-order valence-electron chi connectivity index (χ0n) is 22.6. The van der Waals surface area contributed by atoms with Crippen molar-refractivity contribution in [1.82, 2.24) is 24.6 Å². The zero-order chi connectivity index (χ0) is 27.5. The monoisotopic (exact) mass is 534 g/mol. The van der Waals surface area contributed by atoms with Crippen LogP contribution in [0.4, 0.5) is 14.6 Å². The number of alkyl halides is 2. The Balaban J connectivity index is 1.39. The lowest BCUT2D eigenvalue weighted by Gasteiger charge is -2.31. The number of carbonyl (C=O) groups excluding carboxylic acids is 1. The molecule has 1 N–H and O–H groups in total. The number of benzene rings is 2. The molecule has 4 aromatic rings. The first-order chi connectivity index (χ1) is 18.6. The molecule has 8 nitrogen and oxygen atoms in total. The van der Waals surface area contributed by atoms with Gasteiger partial charge in [-0.1, -0.05) is 18.2 Å². The number of ether oxygens (including phenoxy) is 1. The summed E-state index contributed by atoms with van der Waals surface area (Å²) in [7, 11) is 1.88. The highest BCUT2D eigenvalue weighted by atomic mass is 19.3. The molecule has 10 heteroatoms. The summed E-state index contributed by atoms with van der Waals surface area (Å²) in [6, 6.07) is 6.85. The number of aryl methyl sites for hydroxylation is 2. The fraction of sp³-hybridized carbons (Fsp3) is 0.448. The maximum absolute atomic E-state index is 14.4. The molecule has 0 saturated carbocycles. The van der Waals surface area contributed by atoms with Crippen LogP contribution >= 0.6 is 0 Å². The Morgan fingerprint density at radius 3 is 2.72 bits per heavy atom. The minimum Gasteiger partial charge on any atom is -0.488 e. The van der Waals surface area contributed by atoms with Crippen LogP contribution in [0, 0.1) is 6.92 Å². The fourth-order valence-electron chi connectivity index (χ4n) is 6.03. The molecule has 2 aromatic carbocycles. The van der Waals surface area contributed by atoms with E-state index in [0.717, 1.165) is 40.2 Å². The van der Waals surface area contributed by atoms with Crippen LogP contribution in [0.15, 0.2) is 30.5 Å². The maximum atomic E-state index is 14.4. The van der Waals surface area contributed by atoms with E-state index >= 15 is 0 Å². The second kappa shape index (κ2) is 9.43. The van der Waals surface area contributed by atoms with Gasteiger partial charge in [0.1, 0.15) is 29.0 Å². The van der Waals surface area contributed by atoms with E-state index in [-0.39, 0.29) is 30.0 Å². The molecule has 1 unspecified atom stereocenters. The van der Waals surface area contributed by atoms with Crippen LogP contribution < -0.4 is 10.1 Å². The molecule has 204 valence electrons. The van der Waals surface area contributed by atoms with Crippen molar-refractivity contribution in [3.05, 3.63) is 53.0 Å². The minimum absolute atomic E-state index is 0.0357. The third kappa shape index (κ3) is 4.45. The van der Waals surface area contributed by atoms with Crippen molar-refractivity contribution >= 4 is 33.5 Å². The lowest BCUT2D eigenvalue weighted by Crippen LogP contribution is -2.40. The number of likely N-dealkylation sites (tertiary alicyclic amines) is 1. The minimum atomic E-state index is -2.79. The second-order valence-electron chi connectivity index (χ2n) is 10.7. The smallest absolute Gasteiger partial charge is 0.273 e. The molecule has 6 rings (SSSR count). The van der Waals surface area contributed by atoms with Crippen LogP contribution in [-0.2, 0) is 24.2 Å². The number of piperidine rings is 1. The van der Waals surface area contributed by atoms with Gasteiger partial charge >= 0.3 is 0 Å². The molecule has 1 amide bonds. The number of amides is 1. The Kier molecular flexibility index (Phi) is 6.15. The normalized spacial score (nSPS) is 17.9. The number of nitrogens with zero attached hydrogens (tertiary/aromatic N) is 5. The lowest BCUT2D eigenvalue weighted by atomic mass is 9.97. The van der Waals surface area contributed by atoms with Crippen molar-refractivity contribution in [2.45, 2.75) is 64.5 Å². The highest BCUT2D eigenvalue weighted by Gasteiger charge is 2.40. The summed E-state index contributed by atoms with van der Waals surface area (Å²) >= 11 is 0. The van der Waals surface area contributed by atoms with Crippen LogP contribution in [0.5, 0.6) is 5.75 Å². The van der Waals surface area contributed by atoms with Crippen LogP contribution in [0.1, 0.15) is 61.7 Å². The Morgan fingerprint density at radius 2 is 1.97 bits per heavy atom. The molecule has 0 radical (unpaired) electrons. The number of carbonyl (C=O) groups is 1. The predicted molar refractivity (Wildman–Crippen MR) is 145 cm³/mol. The Hall–Kier alpha value is -3.82. The van der Waals surface area contributed by atoms with E-state index in [9.17, 15) is 13.6 Å². The number of rotatable bonds is 5. The van der Waals surface area contributed by atoms with Crippen LogP contribution in [0.3, 0.4) is 0 Å². The quantitative estimate of drug-likeness (QED) is 0.368. The lowest BCUT2D eigenvalue weighted by molar-refractivity contribution is -0.130. The van der Waals surface area contributed by atoms with E-state index in [1.807, 2.05) is 37.9 Å². The van der Waals surface area contributed by atoms with Gasteiger partial charge in [0.25, 0.3) is 5.92 Å². The van der Waals surface area contributed by atoms with Crippen molar-refractivity contribution in [2.24, 2.45) is 7.05 Å². The van der Waals surface area contributed by atoms with Crippen LogP contribution in [0.2, 0.25) is 0 Å². The molecular weight excluding hydrogens is 502 g/mol. The number of fused-ring (bicyclic) bond motifs is 4. The molecule has 2 aliphatic rings. The van der Waals surface area contributed by atoms with Gasteiger partial charge in [0, 0.05) is 57.3 Å². The van der Waals surface area contributed by atoms with Gasteiger partial charge in [-0.3, -0.25) is 9.48 Å². The predicted octanol–water partition coefficient (Wildman–Crippen LogP) is 5.43. The summed E-state index contributed by atoms with van der Waals surface area (Å²) < 4.78 is 37.2. The van der Waals surface area contributed by atoms with Crippen molar-refractivity contribution in [3.8, 4) is 5.75 Å². The third-order valence-electron chi connectivity index (χ3n) is 8.06. The average Bonchev–Trinajstić information content (AvgIpc) is 3.44. The molecule has 0 bridgehead atoms. The molecule has 3 heterocycles. The number of hydrogen-bond donors (Lipinski definition) is 1. The van der Waals surface area contributed by atoms with Crippen LogP contribution in [-0.4, -0.2) is 49.7 Å². The van der Waals surface area contributed by atoms with Gasteiger partial charge in [0.05, 0.1) is 23.1 Å². The summed E-state index contributed by atoms with van der Waals surface area (Å²) in [4.78, 5) is 23.1. The Bertz CT molecular complexity index is 1590. The van der Waals surface area contributed by atoms with Gasteiger partial charge in [-0.2, -0.15) is 5.10 Å². The molecule has 1 atom stereocenters. The number of hydrogen-bond acceptors (Lipinski definition) is 6. The third-order valence-corrected chi connectivity index (χ3v) is 8.06. The zero-order valence-corrected chi connectivity index (χ0v) is 22.6. The van der Waals surface area contributed by atoms with Gasteiger partial charge < -0.3 is 15.0 Å². The summed E-state index contributed by atoms with van der Waals surface area (Å²) in [6.45, 7) is 6.73. The Morgan fingerprint density at radius 1 is 1.21 bits per heavy atom. The molecule has 1 fully saturated rings. The van der Waals surface area contributed by atoms with E-state index in [1.54, 1.807) is 23.9 Å². The highest BCUT2D eigenvalue weighted by Crippen LogP contribution is 2.44. The first-order valence-electron chi connectivity index (χ1n) is 13.4. The average molecular weight is 535 g/mol. The van der Waals surface area contributed by atoms with Gasteiger partial charge in [-0.25, -0.2) is 18.7 Å². The van der Waals surface area contributed by atoms with E-state index in [1.165, 1.54) is 6.07 Å².